The summed E-state index contributed by atoms with van der Waals surface area (Å²) in [6, 6.07) is 15.2. The first-order valence-corrected chi connectivity index (χ1v) is 13.3. The maximum absolute atomic E-state index is 4.91. The first-order valence-electron chi connectivity index (χ1n) is 13.3. The van der Waals surface area contributed by atoms with Crippen LogP contribution in [0.15, 0.2) is 121 Å². The minimum atomic E-state index is 0.765. The topological polar surface area (TPSA) is 25.2 Å². The number of aryl methyl sites for hydroxylation is 1. The third-order valence-electron chi connectivity index (χ3n) is 6.83. The summed E-state index contributed by atoms with van der Waals surface area (Å²) in [6.45, 7) is 12.3. The van der Waals surface area contributed by atoms with Gasteiger partial charge in [-0.2, -0.15) is 0 Å². The minimum Gasteiger partial charge on any atom is -0.236 e. The molecule has 0 amide bonds. The van der Waals surface area contributed by atoms with Crippen molar-refractivity contribution in [3.63, 3.8) is 0 Å². The highest BCUT2D eigenvalue weighted by Gasteiger charge is 2.12. The summed E-state index contributed by atoms with van der Waals surface area (Å²) in [6.07, 6.45) is 24.7. The highest BCUT2D eigenvalue weighted by Crippen LogP contribution is 2.31. The van der Waals surface area contributed by atoms with Crippen LogP contribution in [-0.2, 0) is 0 Å². The van der Waals surface area contributed by atoms with Gasteiger partial charge in [0.05, 0.1) is 0 Å². The van der Waals surface area contributed by atoms with Crippen LogP contribution in [0.5, 0.6) is 0 Å². The van der Waals surface area contributed by atoms with Crippen molar-refractivity contribution in [3.05, 3.63) is 138 Å². The van der Waals surface area contributed by atoms with E-state index in [1.165, 1.54) is 38.8 Å². The molecular formula is C36H36N2. The van der Waals surface area contributed by atoms with Crippen LogP contribution in [-0.4, -0.2) is 10.7 Å². The van der Waals surface area contributed by atoms with E-state index < -0.39 is 0 Å². The monoisotopic (exact) mass is 496 g/mol. The fourth-order valence-electron chi connectivity index (χ4n) is 4.69. The van der Waals surface area contributed by atoms with Gasteiger partial charge >= 0.3 is 0 Å². The Morgan fingerprint density at radius 3 is 2.58 bits per heavy atom. The van der Waals surface area contributed by atoms with Crippen molar-refractivity contribution < 1.29 is 0 Å². The standard InChI is InChI=1S/C36H36N2/c1-6-10-14-27(8-3)31-22-32(28(9-4)15-11-7-2)24-33(23-31)29-18-20-34(21-19-29)38-36-26(5)35-17-13-12-16-30(35)25-37-36/h6-8,10-20,22-25H,1,9,21H2,2-5H3/b11-7-,14-10-,27-8+,28-15+,38-34-. The molecule has 0 N–H and O–H groups in total. The van der Waals surface area contributed by atoms with Crippen LogP contribution in [0.2, 0.25) is 0 Å². The van der Waals surface area contributed by atoms with Crippen molar-refractivity contribution in [1.82, 2.24) is 4.98 Å². The molecule has 0 spiro atoms. The molecule has 1 aliphatic rings. The van der Waals surface area contributed by atoms with E-state index in [4.69, 9.17) is 4.99 Å². The molecule has 1 aliphatic carbocycles. The minimum absolute atomic E-state index is 0.765. The van der Waals surface area contributed by atoms with Gasteiger partial charge in [-0.25, -0.2) is 9.98 Å². The zero-order valence-corrected chi connectivity index (χ0v) is 22.9. The zero-order valence-electron chi connectivity index (χ0n) is 22.9. The molecule has 0 unspecified atom stereocenters. The Morgan fingerprint density at radius 2 is 1.87 bits per heavy atom. The molecule has 0 radical (unpaired) electrons. The van der Waals surface area contributed by atoms with Gasteiger partial charge in [0, 0.05) is 29.3 Å². The number of rotatable bonds is 8. The lowest BCUT2D eigenvalue weighted by molar-refractivity contribution is 1.23. The maximum atomic E-state index is 4.91. The van der Waals surface area contributed by atoms with Gasteiger partial charge in [0.1, 0.15) is 0 Å². The van der Waals surface area contributed by atoms with Gasteiger partial charge in [-0.3, -0.25) is 0 Å². The summed E-state index contributed by atoms with van der Waals surface area (Å²) >= 11 is 0. The molecule has 0 aliphatic heterocycles. The number of hydrogen-bond donors (Lipinski definition) is 0. The number of fused-ring (bicyclic) bond motifs is 1. The number of aliphatic imine (C=N–C) groups is 1. The number of hydrogen-bond acceptors (Lipinski definition) is 2. The smallest absolute Gasteiger partial charge is 0.155 e. The molecule has 2 nitrogen and oxygen atoms in total. The van der Waals surface area contributed by atoms with Crippen LogP contribution in [0.3, 0.4) is 0 Å². The lowest BCUT2D eigenvalue weighted by atomic mass is 9.90. The van der Waals surface area contributed by atoms with Crippen molar-refractivity contribution in [2.45, 2.75) is 40.5 Å². The van der Waals surface area contributed by atoms with Crippen molar-refractivity contribution in [3.8, 4) is 0 Å². The Balaban J connectivity index is 1.70. The van der Waals surface area contributed by atoms with Crippen LogP contribution in [0.25, 0.3) is 27.5 Å². The number of benzene rings is 2. The SMILES string of the molecule is C=C/C=C\C(=C/C)c1cc(C2=CC/C(=N\c3ncc4ccccc4c3C)C=C2)cc(/C(=C/C=C\C)CC)c1. The van der Waals surface area contributed by atoms with Gasteiger partial charge in [-0.1, -0.05) is 92.5 Å². The second kappa shape index (κ2) is 12.8. The number of pyridine rings is 1. The van der Waals surface area contributed by atoms with E-state index >= 15 is 0 Å². The van der Waals surface area contributed by atoms with Crippen LogP contribution in [0.1, 0.15) is 55.9 Å². The predicted molar refractivity (Wildman–Crippen MR) is 168 cm³/mol. The molecule has 0 saturated heterocycles. The van der Waals surface area contributed by atoms with E-state index in [2.05, 4.69) is 124 Å². The average molecular weight is 497 g/mol. The molecule has 38 heavy (non-hydrogen) atoms. The molecular weight excluding hydrogens is 460 g/mol. The Hall–Kier alpha value is -4.30. The van der Waals surface area contributed by atoms with Crippen LogP contribution < -0.4 is 0 Å². The van der Waals surface area contributed by atoms with Crippen LogP contribution in [0, 0.1) is 6.92 Å². The molecule has 0 atom stereocenters. The average Bonchev–Trinajstić information content (AvgIpc) is 2.96. The number of allylic oxidation sites excluding steroid dienone is 13. The molecule has 2 aromatic carbocycles. The third-order valence-corrected chi connectivity index (χ3v) is 6.83. The summed E-state index contributed by atoms with van der Waals surface area (Å²) in [5.74, 6) is 0.790. The molecule has 190 valence electrons. The van der Waals surface area contributed by atoms with Gasteiger partial charge < -0.3 is 0 Å². The molecule has 0 fully saturated rings. The Bertz CT molecular complexity index is 1550. The highest BCUT2D eigenvalue weighted by atomic mass is 14.9. The Morgan fingerprint density at radius 1 is 1.05 bits per heavy atom. The van der Waals surface area contributed by atoms with E-state index in [0.717, 1.165) is 35.3 Å². The summed E-state index contributed by atoms with van der Waals surface area (Å²) in [4.78, 5) is 9.55. The number of aromatic nitrogens is 1. The van der Waals surface area contributed by atoms with Crippen LogP contribution in [0.4, 0.5) is 5.82 Å². The Labute approximate surface area is 227 Å². The van der Waals surface area contributed by atoms with E-state index in [0.29, 0.717) is 0 Å². The lowest BCUT2D eigenvalue weighted by Crippen LogP contribution is -2.00. The van der Waals surface area contributed by atoms with E-state index in [1.54, 1.807) is 0 Å². The summed E-state index contributed by atoms with van der Waals surface area (Å²) in [5, 5.41) is 2.34. The molecule has 4 rings (SSSR count). The largest absolute Gasteiger partial charge is 0.236 e. The highest BCUT2D eigenvalue weighted by molar-refractivity contribution is 6.03. The Kier molecular flexibility index (Phi) is 9.00. The van der Waals surface area contributed by atoms with Gasteiger partial charge in [0.15, 0.2) is 5.82 Å². The van der Waals surface area contributed by atoms with Gasteiger partial charge in [-0.05, 0) is 90.3 Å². The molecule has 2 heteroatoms. The van der Waals surface area contributed by atoms with Crippen molar-refractivity contribution in [2.75, 3.05) is 0 Å². The predicted octanol–water partition coefficient (Wildman–Crippen LogP) is 10.2. The van der Waals surface area contributed by atoms with E-state index in [-0.39, 0.29) is 0 Å². The summed E-state index contributed by atoms with van der Waals surface area (Å²) in [5.41, 5.74) is 9.48. The van der Waals surface area contributed by atoms with Crippen LogP contribution >= 0.6 is 0 Å². The third kappa shape index (κ3) is 6.15. The summed E-state index contributed by atoms with van der Waals surface area (Å²) in [7, 11) is 0. The lowest BCUT2D eigenvalue weighted by Gasteiger charge is -2.15. The van der Waals surface area contributed by atoms with Gasteiger partial charge in [0.2, 0.25) is 0 Å². The molecule has 1 heterocycles. The quantitative estimate of drug-likeness (QED) is 0.285. The van der Waals surface area contributed by atoms with Crippen molar-refractivity contribution >= 4 is 39.0 Å². The fraction of sp³-hybridized carbons (Fsp3) is 0.167. The molecule has 3 aromatic rings. The molecule has 1 aromatic heterocycles. The molecule has 0 saturated carbocycles. The number of nitrogens with zero attached hydrogens (tertiary/aromatic N) is 2. The summed E-state index contributed by atoms with van der Waals surface area (Å²) < 4.78 is 0. The van der Waals surface area contributed by atoms with Gasteiger partial charge in [-0.15, -0.1) is 0 Å². The normalized spacial score (nSPS) is 15.7. The second-order valence-electron chi connectivity index (χ2n) is 9.30. The molecule has 0 bridgehead atoms. The maximum Gasteiger partial charge on any atom is 0.155 e. The second-order valence-corrected chi connectivity index (χ2v) is 9.30. The first kappa shape index (κ1) is 26.8. The fourth-order valence-corrected chi connectivity index (χ4v) is 4.69. The van der Waals surface area contributed by atoms with E-state index in [9.17, 15) is 0 Å². The van der Waals surface area contributed by atoms with Crippen molar-refractivity contribution in [1.29, 1.82) is 0 Å². The van der Waals surface area contributed by atoms with Gasteiger partial charge in [0.25, 0.3) is 0 Å². The van der Waals surface area contributed by atoms with E-state index in [1.807, 2.05) is 24.4 Å². The zero-order chi connectivity index (χ0) is 26.9. The first-order chi connectivity index (χ1) is 18.6. The van der Waals surface area contributed by atoms with Crippen molar-refractivity contribution in [2.24, 2.45) is 4.99 Å².